The topological polar surface area (TPSA) is 169 Å². The van der Waals surface area contributed by atoms with Gasteiger partial charge in [0.15, 0.2) is 23.2 Å². The Kier molecular flexibility index (Phi) is 5.84. The summed E-state index contributed by atoms with van der Waals surface area (Å²) in [5.74, 6) is -2.04. The number of oxime groups is 1. The molecule has 13 nitrogen and oxygen atoms in total. The van der Waals surface area contributed by atoms with E-state index in [1.54, 1.807) is 34.2 Å². The second kappa shape index (κ2) is 8.58. The van der Waals surface area contributed by atoms with Gasteiger partial charge in [0, 0.05) is 16.7 Å². The van der Waals surface area contributed by atoms with Gasteiger partial charge < -0.3 is 21.0 Å². The van der Waals surface area contributed by atoms with Crippen LogP contribution in [-0.2, 0) is 32.8 Å². The van der Waals surface area contributed by atoms with Crippen molar-refractivity contribution in [2.24, 2.45) is 12.2 Å². The highest BCUT2D eigenvalue weighted by Gasteiger charge is 2.54. The van der Waals surface area contributed by atoms with Gasteiger partial charge in [-0.1, -0.05) is 5.16 Å². The van der Waals surface area contributed by atoms with Crippen LogP contribution in [0.4, 0.5) is 5.13 Å². The van der Waals surface area contributed by atoms with Gasteiger partial charge in [0.25, 0.3) is 11.8 Å². The van der Waals surface area contributed by atoms with Crippen molar-refractivity contribution in [2.45, 2.75) is 18.0 Å². The summed E-state index contributed by atoms with van der Waals surface area (Å²) in [5.41, 5.74) is 6.18. The van der Waals surface area contributed by atoms with Crippen LogP contribution in [0.2, 0.25) is 0 Å². The molecule has 1 saturated heterocycles. The number of aromatic nitrogens is 4. The van der Waals surface area contributed by atoms with Crippen LogP contribution in [0.15, 0.2) is 34.2 Å². The summed E-state index contributed by atoms with van der Waals surface area (Å²) in [6.45, 7) is 0.235. The zero-order valence-corrected chi connectivity index (χ0v) is 18.6. The van der Waals surface area contributed by atoms with Gasteiger partial charge in [-0.15, -0.1) is 32.5 Å². The largest absolute Gasteiger partial charge is 0.477 e. The number of carbonyl (C=O) groups is 3. The van der Waals surface area contributed by atoms with E-state index in [1.165, 1.54) is 23.8 Å². The first-order chi connectivity index (χ1) is 15.3. The van der Waals surface area contributed by atoms with Crippen molar-refractivity contribution in [3.8, 4) is 0 Å². The van der Waals surface area contributed by atoms with Crippen molar-refractivity contribution in [1.82, 2.24) is 25.1 Å². The van der Waals surface area contributed by atoms with Crippen LogP contribution in [0.25, 0.3) is 0 Å². The third-order valence-corrected chi connectivity index (χ3v) is 6.78. The molecule has 4 heterocycles. The predicted molar refractivity (Wildman–Crippen MR) is 113 cm³/mol. The molecule has 2 amide bonds. The molecule has 0 spiro atoms. The average Bonchev–Trinajstić information content (AvgIpc) is 3.37. The maximum absolute atomic E-state index is 12.8. The number of aryl methyl sites for hydroxylation is 1. The number of carbonyl (C=O) groups excluding carboxylic acids is 2. The number of nitrogens with two attached hydrogens (primary N) is 1. The minimum absolute atomic E-state index is 0.0829. The lowest BCUT2D eigenvalue weighted by molar-refractivity contribution is -0.732. The number of amides is 2. The van der Waals surface area contributed by atoms with E-state index < -0.39 is 29.2 Å². The highest BCUT2D eigenvalue weighted by Crippen LogP contribution is 2.40. The summed E-state index contributed by atoms with van der Waals surface area (Å²) in [5, 5.41) is 21.5. The van der Waals surface area contributed by atoms with Gasteiger partial charge in [-0.3, -0.25) is 14.5 Å². The number of nitrogen functional groups attached to an aromatic ring is 1. The van der Waals surface area contributed by atoms with Gasteiger partial charge >= 0.3 is 5.97 Å². The number of thiazole rings is 1. The average molecular weight is 480 g/mol. The molecular formula is C17H19N8O5S2+. The summed E-state index contributed by atoms with van der Waals surface area (Å²) >= 11 is 2.49. The number of hydrogen-bond acceptors (Lipinski definition) is 10. The molecule has 2 aliphatic heterocycles. The zero-order valence-electron chi connectivity index (χ0n) is 17.0. The molecule has 2 aromatic heterocycles. The quantitative estimate of drug-likeness (QED) is 0.186. The molecule has 168 valence electrons. The van der Waals surface area contributed by atoms with Gasteiger partial charge in [0.05, 0.1) is 5.21 Å². The van der Waals surface area contributed by atoms with E-state index in [9.17, 15) is 19.5 Å². The van der Waals surface area contributed by atoms with Gasteiger partial charge in [-0.2, -0.15) is 0 Å². The van der Waals surface area contributed by atoms with Gasteiger partial charge in [-0.25, -0.2) is 9.78 Å². The van der Waals surface area contributed by atoms with Crippen molar-refractivity contribution in [2.75, 3.05) is 18.6 Å². The molecule has 0 aliphatic carbocycles. The van der Waals surface area contributed by atoms with E-state index in [0.29, 0.717) is 11.3 Å². The Morgan fingerprint density at radius 3 is 2.88 bits per heavy atom. The molecule has 0 unspecified atom stereocenters. The summed E-state index contributed by atoms with van der Waals surface area (Å²) in [6, 6.07) is -0.913. The molecule has 4 N–H and O–H groups in total. The summed E-state index contributed by atoms with van der Waals surface area (Å²) in [7, 11) is 3.03. The first kappa shape index (κ1) is 21.8. The second-order valence-electron chi connectivity index (χ2n) is 6.87. The molecule has 32 heavy (non-hydrogen) atoms. The first-order valence-electron chi connectivity index (χ1n) is 9.23. The van der Waals surface area contributed by atoms with Crippen molar-refractivity contribution in [3.05, 3.63) is 34.7 Å². The minimum atomic E-state index is -1.21. The Morgan fingerprint density at radius 2 is 2.28 bits per heavy atom. The number of β-lactam (4-membered cyclic amide) rings is 1. The molecule has 0 radical (unpaired) electrons. The lowest BCUT2D eigenvalue weighted by Gasteiger charge is -2.49. The molecule has 0 saturated carbocycles. The maximum atomic E-state index is 12.8. The van der Waals surface area contributed by atoms with Crippen LogP contribution in [0.1, 0.15) is 5.69 Å². The Bertz CT molecular complexity index is 1160. The second-order valence-corrected chi connectivity index (χ2v) is 8.87. The minimum Gasteiger partial charge on any atom is -0.477 e. The van der Waals surface area contributed by atoms with E-state index in [1.807, 2.05) is 0 Å². The van der Waals surface area contributed by atoms with Crippen molar-refractivity contribution in [3.63, 3.8) is 0 Å². The van der Waals surface area contributed by atoms with E-state index in [-0.39, 0.29) is 28.8 Å². The van der Waals surface area contributed by atoms with E-state index >= 15 is 0 Å². The highest BCUT2D eigenvalue weighted by molar-refractivity contribution is 8.00. The number of fused-ring (bicyclic) bond motifs is 1. The van der Waals surface area contributed by atoms with Crippen molar-refractivity contribution >= 4 is 51.7 Å². The molecule has 4 rings (SSSR count). The Labute approximate surface area is 189 Å². The molecule has 0 aromatic carbocycles. The first-order valence-corrected chi connectivity index (χ1v) is 11.2. The third-order valence-electron chi connectivity index (χ3n) is 4.76. The molecule has 15 heteroatoms. The number of aliphatic carboxylic acids is 1. The number of carboxylic acids is 1. The Balaban J connectivity index is 1.53. The number of anilines is 1. The lowest BCUT2D eigenvalue weighted by atomic mass is 10.0. The Morgan fingerprint density at radius 1 is 1.50 bits per heavy atom. The number of carboxylic acid groups (broad SMARTS) is 1. The van der Waals surface area contributed by atoms with Gasteiger partial charge in [-0.05, 0) is 0 Å². The third kappa shape index (κ3) is 3.91. The number of thioether (sulfide) groups is 1. The zero-order chi connectivity index (χ0) is 23.0. The SMILES string of the molecule is CO/N=C(\C(=O)N[C@@H]1C(=O)N2C(C(=O)O)=C(Cn3cc[n+](C)n3)CS[C@H]12)c1csc(N)n1. The Hall–Kier alpha value is -3.46. The fourth-order valence-corrected chi connectivity index (χ4v) is 5.28. The molecule has 2 aromatic rings. The van der Waals surface area contributed by atoms with Crippen LogP contribution >= 0.6 is 23.1 Å². The van der Waals surface area contributed by atoms with Crippen LogP contribution in [0, 0.1) is 0 Å². The fraction of sp³-hybridized carbons (Fsp3) is 0.353. The van der Waals surface area contributed by atoms with Gasteiger partial charge in [0.1, 0.15) is 43.5 Å². The maximum Gasteiger partial charge on any atom is 0.352 e. The predicted octanol–water partition coefficient (Wildman–Crippen LogP) is -1.46. The number of nitrogens with zero attached hydrogens (tertiary/aromatic N) is 6. The molecule has 2 atom stereocenters. The summed E-state index contributed by atoms with van der Waals surface area (Å²) < 4.78 is 3.19. The van der Waals surface area contributed by atoms with Crippen LogP contribution < -0.4 is 15.7 Å². The monoisotopic (exact) mass is 479 g/mol. The number of hydrogen-bond donors (Lipinski definition) is 3. The molecule has 1 fully saturated rings. The summed E-state index contributed by atoms with van der Waals surface area (Å²) in [6.07, 6.45) is 3.45. The highest BCUT2D eigenvalue weighted by atomic mass is 32.2. The smallest absolute Gasteiger partial charge is 0.352 e. The fourth-order valence-electron chi connectivity index (χ4n) is 3.40. The molecular weight excluding hydrogens is 460 g/mol. The van der Waals surface area contributed by atoms with E-state index in [4.69, 9.17) is 10.6 Å². The van der Waals surface area contributed by atoms with Crippen molar-refractivity contribution in [1.29, 1.82) is 0 Å². The number of rotatable bonds is 7. The van der Waals surface area contributed by atoms with E-state index in [2.05, 4.69) is 20.7 Å². The number of nitrogens with one attached hydrogen (secondary N) is 1. The lowest BCUT2D eigenvalue weighted by Crippen LogP contribution is -2.71. The van der Waals surface area contributed by atoms with Gasteiger partial charge in [0.2, 0.25) is 0 Å². The normalized spacial score (nSPS) is 20.6. The summed E-state index contributed by atoms with van der Waals surface area (Å²) in [4.78, 5) is 47.5. The van der Waals surface area contributed by atoms with Crippen molar-refractivity contribution < 1.29 is 29.0 Å². The molecule has 0 bridgehead atoms. The standard InChI is InChI=1S/C17H18N8O5S2/c1-23-3-4-24(22-23)5-8-6-31-15-11(14(27)25(15)12(8)16(28)29)20-13(26)10(21-30-2)9-7-32-17(18)19-9/h3-4,7,11,15H,5-6H2,1-2H3,(H3-,18,19,20,26,28,29)/p+1/b21-10-/t11-,15-/m1/s1. The van der Waals surface area contributed by atoms with Crippen LogP contribution in [0.5, 0.6) is 0 Å². The van der Waals surface area contributed by atoms with Crippen LogP contribution in [0.3, 0.4) is 0 Å². The van der Waals surface area contributed by atoms with Crippen LogP contribution in [-0.4, -0.2) is 72.7 Å². The van der Waals surface area contributed by atoms with E-state index in [0.717, 1.165) is 11.3 Å². The molecule has 2 aliphatic rings.